The van der Waals surface area contributed by atoms with Gasteiger partial charge in [0.15, 0.2) is 0 Å². The quantitative estimate of drug-likeness (QED) is 0.552. The Balaban J connectivity index is 1.98. The molecule has 0 amide bonds. The van der Waals surface area contributed by atoms with Crippen LogP contribution in [0.4, 0.5) is 0 Å². The van der Waals surface area contributed by atoms with Gasteiger partial charge in [-0.2, -0.15) is 5.48 Å². The number of likely N-dealkylation sites (tertiary alicyclic amines) is 1. The van der Waals surface area contributed by atoms with E-state index in [1.165, 1.54) is 25.9 Å². The lowest BCUT2D eigenvalue weighted by Gasteiger charge is -2.13. The van der Waals surface area contributed by atoms with Crippen molar-refractivity contribution in [1.82, 2.24) is 10.4 Å². The first-order valence-electron chi connectivity index (χ1n) is 3.41. The minimum Gasteiger partial charge on any atom is -0.304 e. The van der Waals surface area contributed by atoms with Gasteiger partial charge in [0, 0.05) is 0 Å². The fourth-order valence-electron chi connectivity index (χ4n) is 1.10. The molecule has 1 aliphatic rings. The van der Waals surface area contributed by atoms with Crippen LogP contribution in [0.2, 0.25) is 0 Å². The van der Waals surface area contributed by atoms with Crippen LogP contribution in [0.15, 0.2) is 0 Å². The Bertz CT molecular complexity index is 71.5. The molecule has 0 aromatic carbocycles. The molecule has 1 rings (SSSR count). The summed E-state index contributed by atoms with van der Waals surface area (Å²) in [5.41, 5.74) is 2.82. The third kappa shape index (κ3) is 2.30. The van der Waals surface area contributed by atoms with E-state index in [1.54, 1.807) is 7.11 Å². The minimum atomic E-state index is 0.872. The highest BCUT2D eigenvalue weighted by Crippen LogP contribution is 2.04. The Morgan fingerprint density at radius 2 is 2.11 bits per heavy atom. The Kier molecular flexibility index (Phi) is 2.97. The van der Waals surface area contributed by atoms with Gasteiger partial charge in [0.1, 0.15) is 0 Å². The van der Waals surface area contributed by atoms with Crippen molar-refractivity contribution in [2.24, 2.45) is 0 Å². The summed E-state index contributed by atoms with van der Waals surface area (Å²) in [5.74, 6) is 0. The van der Waals surface area contributed by atoms with Crippen molar-refractivity contribution in [2.45, 2.75) is 12.8 Å². The molecule has 1 N–H and O–H groups in total. The molecule has 54 valence electrons. The summed E-state index contributed by atoms with van der Waals surface area (Å²) in [6.07, 6.45) is 2.68. The van der Waals surface area contributed by atoms with Crippen molar-refractivity contribution < 1.29 is 4.84 Å². The lowest BCUT2D eigenvalue weighted by atomic mass is 10.4. The minimum absolute atomic E-state index is 0.872. The van der Waals surface area contributed by atoms with Crippen molar-refractivity contribution in [3.8, 4) is 0 Å². The van der Waals surface area contributed by atoms with Crippen LogP contribution < -0.4 is 5.48 Å². The van der Waals surface area contributed by atoms with Crippen molar-refractivity contribution in [2.75, 3.05) is 26.9 Å². The largest absolute Gasteiger partial charge is 0.304 e. The Labute approximate surface area is 55.9 Å². The summed E-state index contributed by atoms with van der Waals surface area (Å²) in [4.78, 5) is 7.05. The van der Waals surface area contributed by atoms with Gasteiger partial charge in [-0.15, -0.1) is 0 Å². The van der Waals surface area contributed by atoms with Gasteiger partial charge >= 0.3 is 0 Å². The molecule has 1 aliphatic heterocycles. The van der Waals surface area contributed by atoms with E-state index in [0.717, 1.165) is 6.67 Å². The zero-order valence-electron chi connectivity index (χ0n) is 5.89. The molecule has 0 spiro atoms. The van der Waals surface area contributed by atoms with Crippen molar-refractivity contribution in [3.05, 3.63) is 0 Å². The number of hydrogen-bond acceptors (Lipinski definition) is 3. The summed E-state index contributed by atoms with van der Waals surface area (Å²) in [7, 11) is 1.65. The van der Waals surface area contributed by atoms with E-state index < -0.39 is 0 Å². The molecule has 9 heavy (non-hydrogen) atoms. The Morgan fingerprint density at radius 3 is 2.67 bits per heavy atom. The van der Waals surface area contributed by atoms with Gasteiger partial charge in [-0.1, -0.05) is 0 Å². The van der Waals surface area contributed by atoms with Crippen LogP contribution in [-0.2, 0) is 4.84 Å². The second kappa shape index (κ2) is 3.82. The van der Waals surface area contributed by atoms with Gasteiger partial charge in [0.25, 0.3) is 0 Å². The number of hydrogen-bond donors (Lipinski definition) is 1. The van der Waals surface area contributed by atoms with E-state index in [1.807, 2.05) is 0 Å². The maximum absolute atomic E-state index is 4.71. The van der Waals surface area contributed by atoms with Crippen LogP contribution in [-0.4, -0.2) is 31.8 Å². The smallest absolute Gasteiger partial charge is 0.0725 e. The monoisotopic (exact) mass is 130 g/mol. The van der Waals surface area contributed by atoms with Crippen LogP contribution in [0.3, 0.4) is 0 Å². The van der Waals surface area contributed by atoms with Crippen molar-refractivity contribution >= 4 is 0 Å². The van der Waals surface area contributed by atoms with Crippen LogP contribution >= 0.6 is 0 Å². The van der Waals surface area contributed by atoms with E-state index in [9.17, 15) is 0 Å². The maximum Gasteiger partial charge on any atom is 0.0725 e. The first-order chi connectivity index (χ1) is 4.43. The van der Waals surface area contributed by atoms with Gasteiger partial charge in [-0.25, -0.2) is 0 Å². The summed E-state index contributed by atoms with van der Waals surface area (Å²) in [6.45, 7) is 3.31. The molecule has 1 heterocycles. The van der Waals surface area contributed by atoms with Crippen LogP contribution in [0.1, 0.15) is 12.8 Å². The molecule has 0 aromatic heterocycles. The van der Waals surface area contributed by atoms with Crippen molar-refractivity contribution in [3.63, 3.8) is 0 Å². The third-order valence-electron chi connectivity index (χ3n) is 1.63. The predicted octanol–water partition coefficient (Wildman–Crippen LogP) is 0.191. The fourth-order valence-corrected chi connectivity index (χ4v) is 1.10. The molecular formula is C6H14N2O. The van der Waals surface area contributed by atoms with E-state index in [4.69, 9.17) is 4.84 Å². The van der Waals surface area contributed by atoms with E-state index in [-0.39, 0.29) is 0 Å². The highest BCUT2D eigenvalue weighted by atomic mass is 16.6. The summed E-state index contributed by atoms with van der Waals surface area (Å²) in [6, 6.07) is 0. The molecular weight excluding hydrogens is 116 g/mol. The summed E-state index contributed by atoms with van der Waals surface area (Å²) < 4.78 is 0. The zero-order valence-corrected chi connectivity index (χ0v) is 5.89. The number of rotatable bonds is 3. The van der Waals surface area contributed by atoms with Crippen LogP contribution in [0.25, 0.3) is 0 Å². The second-order valence-corrected chi connectivity index (χ2v) is 2.33. The molecule has 0 aliphatic carbocycles. The number of nitrogens with one attached hydrogen (secondary N) is 1. The Hall–Kier alpha value is -0.120. The predicted molar refractivity (Wildman–Crippen MR) is 35.8 cm³/mol. The molecule has 0 aromatic rings. The molecule has 0 saturated carbocycles. The number of hydroxylamine groups is 1. The van der Waals surface area contributed by atoms with Gasteiger partial charge in [-0.05, 0) is 25.9 Å². The molecule has 0 atom stereocenters. The topological polar surface area (TPSA) is 24.5 Å². The molecule has 0 unspecified atom stereocenters. The average molecular weight is 130 g/mol. The van der Waals surface area contributed by atoms with Crippen LogP contribution in [0, 0.1) is 0 Å². The van der Waals surface area contributed by atoms with Gasteiger partial charge in [0.2, 0.25) is 0 Å². The van der Waals surface area contributed by atoms with Gasteiger partial charge < -0.3 is 4.84 Å². The SMILES string of the molecule is CONCN1CCCC1. The standard InChI is InChI=1S/C6H14N2O/c1-9-7-6-8-4-2-3-5-8/h7H,2-6H2,1H3. The molecule has 3 heteroatoms. The van der Waals surface area contributed by atoms with Crippen LogP contribution in [0.5, 0.6) is 0 Å². The van der Waals surface area contributed by atoms with Gasteiger partial charge in [-0.3, -0.25) is 4.90 Å². The molecule has 1 fully saturated rings. The van der Waals surface area contributed by atoms with Crippen molar-refractivity contribution in [1.29, 1.82) is 0 Å². The average Bonchev–Trinajstić information content (AvgIpc) is 2.34. The highest BCUT2D eigenvalue weighted by Gasteiger charge is 2.09. The normalized spacial score (nSPS) is 21.0. The van der Waals surface area contributed by atoms with E-state index in [2.05, 4.69) is 10.4 Å². The summed E-state index contributed by atoms with van der Waals surface area (Å²) >= 11 is 0. The fraction of sp³-hybridized carbons (Fsp3) is 1.00. The highest BCUT2D eigenvalue weighted by molar-refractivity contribution is 4.62. The van der Waals surface area contributed by atoms with Gasteiger partial charge in [0.05, 0.1) is 13.8 Å². The molecule has 0 radical (unpaired) electrons. The van der Waals surface area contributed by atoms with E-state index in [0.29, 0.717) is 0 Å². The third-order valence-corrected chi connectivity index (χ3v) is 1.63. The maximum atomic E-state index is 4.71. The lowest BCUT2D eigenvalue weighted by molar-refractivity contribution is 0.0546. The molecule has 3 nitrogen and oxygen atoms in total. The molecule has 0 bridgehead atoms. The first-order valence-corrected chi connectivity index (χ1v) is 3.41. The van der Waals surface area contributed by atoms with E-state index >= 15 is 0 Å². The first kappa shape index (κ1) is 6.99. The number of nitrogens with zero attached hydrogens (tertiary/aromatic N) is 1. The Morgan fingerprint density at radius 1 is 1.44 bits per heavy atom. The molecule has 1 saturated heterocycles. The summed E-state index contributed by atoms with van der Waals surface area (Å²) in [5, 5.41) is 0. The second-order valence-electron chi connectivity index (χ2n) is 2.33. The lowest BCUT2D eigenvalue weighted by Crippen LogP contribution is -2.31. The zero-order chi connectivity index (χ0) is 6.53.